The number of ether oxygens (including phenoxy) is 2. The van der Waals surface area contributed by atoms with Crippen LogP contribution in [0.3, 0.4) is 0 Å². The summed E-state index contributed by atoms with van der Waals surface area (Å²) in [7, 11) is 0. The molecule has 0 aliphatic rings. The highest BCUT2D eigenvalue weighted by molar-refractivity contribution is 7.99. The Morgan fingerprint density at radius 2 is 1.91 bits per heavy atom. The van der Waals surface area contributed by atoms with E-state index in [0.29, 0.717) is 38.9 Å². The third-order valence-corrected chi connectivity index (χ3v) is 7.08. The fraction of sp³-hybridized carbons (Fsp3) is 0.364. The first-order chi connectivity index (χ1) is 15.8. The Bertz CT molecular complexity index is 1130. The van der Waals surface area contributed by atoms with Crippen LogP contribution in [0.4, 0.5) is 5.00 Å². The Morgan fingerprint density at radius 1 is 1.18 bits per heavy atom. The minimum Gasteiger partial charge on any atom is -0.486 e. The minimum atomic E-state index is -0.432. The Hall–Kier alpha value is -2.56. The standard InChI is InChI=1S/C22H25ClN4O4S2/c1-5-27-17(11-31-16-9-7-15(23)8-10-16)25-26-22(27)32-12-18(28)24-20-19(21(29)30-6-2)13(3)14(4)33-20/h7-10H,5-6,11-12H2,1-4H3,(H,24,28). The molecule has 2 heterocycles. The number of rotatable bonds is 10. The molecule has 0 spiro atoms. The maximum Gasteiger partial charge on any atom is 0.341 e. The minimum absolute atomic E-state index is 0.119. The van der Waals surface area contributed by atoms with Gasteiger partial charge in [-0.15, -0.1) is 21.5 Å². The number of thiophene rings is 1. The zero-order valence-corrected chi connectivity index (χ0v) is 21.2. The first-order valence-corrected chi connectivity index (χ1v) is 12.5. The molecule has 2 aromatic heterocycles. The van der Waals surface area contributed by atoms with E-state index >= 15 is 0 Å². The number of esters is 1. The number of benzene rings is 1. The first kappa shape index (κ1) is 25.1. The summed E-state index contributed by atoms with van der Waals surface area (Å²) >= 11 is 8.53. The molecule has 0 bridgehead atoms. The van der Waals surface area contributed by atoms with Crippen LogP contribution in [0.15, 0.2) is 29.4 Å². The number of hydrogen-bond donors (Lipinski definition) is 1. The lowest BCUT2D eigenvalue weighted by Crippen LogP contribution is -2.17. The van der Waals surface area contributed by atoms with Gasteiger partial charge in [-0.2, -0.15) is 0 Å². The van der Waals surface area contributed by atoms with Crippen LogP contribution in [0.25, 0.3) is 0 Å². The van der Waals surface area contributed by atoms with Crippen molar-refractivity contribution < 1.29 is 19.1 Å². The summed E-state index contributed by atoms with van der Waals surface area (Å²) in [4.78, 5) is 25.9. The van der Waals surface area contributed by atoms with E-state index in [0.717, 1.165) is 10.4 Å². The van der Waals surface area contributed by atoms with Crippen molar-refractivity contribution in [2.24, 2.45) is 0 Å². The number of hydrogen-bond acceptors (Lipinski definition) is 8. The van der Waals surface area contributed by atoms with Crippen LogP contribution in [0.1, 0.15) is 40.5 Å². The van der Waals surface area contributed by atoms with Crippen LogP contribution in [0.5, 0.6) is 5.75 Å². The number of carbonyl (C=O) groups is 2. The van der Waals surface area contributed by atoms with Crippen molar-refractivity contribution in [1.82, 2.24) is 14.8 Å². The highest BCUT2D eigenvalue weighted by Gasteiger charge is 2.22. The average molecular weight is 509 g/mol. The van der Waals surface area contributed by atoms with Gasteiger partial charge >= 0.3 is 5.97 Å². The summed E-state index contributed by atoms with van der Waals surface area (Å²) in [6.07, 6.45) is 0. The Morgan fingerprint density at radius 3 is 2.58 bits per heavy atom. The Kier molecular flexibility index (Phi) is 8.76. The van der Waals surface area contributed by atoms with Crippen molar-refractivity contribution >= 4 is 51.6 Å². The number of nitrogens with one attached hydrogen (secondary N) is 1. The topological polar surface area (TPSA) is 95.3 Å². The monoisotopic (exact) mass is 508 g/mol. The van der Waals surface area contributed by atoms with Crippen molar-refractivity contribution in [2.45, 2.75) is 46.0 Å². The zero-order valence-electron chi connectivity index (χ0n) is 18.8. The summed E-state index contributed by atoms with van der Waals surface area (Å²) in [6.45, 7) is 8.62. The van der Waals surface area contributed by atoms with Gasteiger partial charge < -0.3 is 19.4 Å². The van der Waals surface area contributed by atoms with E-state index < -0.39 is 5.97 Å². The molecule has 0 atom stereocenters. The lowest BCUT2D eigenvalue weighted by molar-refractivity contribution is -0.113. The molecular weight excluding hydrogens is 484 g/mol. The van der Waals surface area contributed by atoms with Crippen LogP contribution >= 0.6 is 34.7 Å². The molecule has 8 nitrogen and oxygen atoms in total. The van der Waals surface area contributed by atoms with E-state index in [4.69, 9.17) is 21.1 Å². The van der Waals surface area contributed by atoms with Gasteiger partial charge in [0, 0.05) is 16.4 Å². The van der Waals surface area contributed by atoms with Gasteiger partial charge in [0.25, 0.3) is 0 Å². The molecule has 0 saturated heterocycles. The smallest absolute Gasteiger partial charge is 0.341 e. The fourth-order valence-corrected chi connectivity index (χ4v) is 5.00. The van der Waals surface area contributed by atoms with Crippen LogP contribution in [-0.2, 0) is 22.7 Å². The van der Waals surface area contributed by atoms with Crippen LogP contribution < -0.4 is 10.1 Å². The number of thioether (sulfide) groups is 1. The van der Waals surface area contributed by atoms with Gasteiger partial charge in [-0.1, -0.05) is 23.4 Å². The van der Waals surface area contributed by atoms with Gasteiger partial charge in [-0.25, -0.2) is 4.79 Å². The van der Waals surface area contributed by atoms with E-state index in [1.165, 1.54) is 23.1 Å². The number of aryl methyl sites for hydroxylation is 1. The predicted molar refractivity (Wildman–Crippen MR) is 131 cm³/mol. The number of halogens is 1. The molecule has 1 amide bonds. The fourth-order valence-electron chi connectivity index (χ4n) is 2.99. The molecule has 0 saturated carbocycles. The lowest BCUT2D eigenvalue weighted by atomic mass is 10.1. The SMILES string of the molecule is CCOC(=O)c1c(NC(=O)CSc2nnc(COc3ccc(Cl)cc3)n2CC)sc(C)c1C. The number of amides is 1. The van der Waals surface area contributed by atoms with Crippen LogP contribution in [0, 0.1) is 13.8 Å². The Labute approximate surface area is 205 Å². The van der Waals surface area contributed by atoms with E-state index in [1.54, 1.807) is 31.2 Å². The van der Waals surface area contributed by atoms with Crippen molar-refractivity contribution in [3.8, 4) is 5.75 Å². The highest BCUT2D eigenvalue weighted by Crippen LogP contribution is 2.33. The number of carbonyl (C=O) groups excluding carboxylic acids is 2. The average Bonchev–Trinajstić information content (AvgIpc) is 3.31. The highest BCUT2D eigenvalue weighted by atomic mass is 35.5. The van der Waals surface area contributed by atoms with Crippen LogP contribution in [-0.4, -0.2) is 39.0 Å². The molecule has 176 valence electrons. The van der Waals surface area contributed by atoms with Gasteiger partial charge in [0.15, 0.2) is 11.0 Å². The van der Waals surface area contributed by atoms with E-state index in [9.17, 15) is 9.59 Å². The van der Waals surface area contributed by atoms with Gasteiger partial charge in [0.05, 0.1) is 17.9 Å². The zero-order chi connectivity index (χ0) is 24.0. The quantitative estimate of drug-likeness (QED) is 0.300. The lowest BCUT2D eigenvalue weighted by Gasteiger charge is -2.09. The molecule has 3 rings (SSSR count). The van der Waals surface area contributed by atoms with E-state index in [1.807, 2.05) is 25.3 Å². The summed E-state index contributed by atoms with van der Waals surface area (Å²) in [5.74, 6) is 0.783. The van der Waals surface area contributed by atoms with Crippen molar-refractivity contribution in [3.63, 3.8) is 0 Å². The molecule has 0 radical (unpaired) electrons. The normalized spacial score (nSPS) is 10.8. The molecule has 3 aromatic rings. The van der Waals surface area contributed by atoms with Gasteiger partial charge in [-0.05, 0) is 57.5 Å². The number of nitrogens with zero attached hydrogens (tertiary/aromatic N) is 3. The maximum atomic E-state index is 12.6. The third-order valence-electron chi connectivity index (χ3n) is 4.74. The number of anilines is 1. The van der Waals surface area contributed by atoms with Crippen molar-refractivity contribution in [3.05, 3.63) is 51.1 Å². The van der Waals surface area contributed by atoms with E-state index in [-0.39, 0.29) is 24.9 Å². The van der Waals surface area contributed by atoms with Gasteiger partial charge in [0.2, 0.25) is 5.91 Å². The van der Waals surface area contributed by atoms with Gasteiger partial charge in [-0.3, -0.25) is 4.79 Å². The van der Waals surface area contributed by atoms with Crippen molar-refractivity contribution in [2.75, 3.05) is 17.7 Å². The third kappa shape index (κ3) is 6.27. The summed E-state index contributed by atoms with van der Waals surface area (Å²) in [5, 5.41) is 13.0. The molecule has 1 aromatic carbocycles. The molecule has 1 N–H and O–H groups in total. The van der Waals surface area contributed by atoms with Gasteiger partial charge in [0.1, 0.15) is 17.4 Å². The second kappa shape index (κ2) is 11.5. The van der Waals surface area contributed by atoms with Crippen molar-refractivity contribution in [1.29, 1.82) is 0 Å². The molecular formula is C22H25ClN4O4S2. The molecule has 0 fully saturated rings. The molecule has 0 aliphatic carbocycles. The molecule has 0 aliphatic heterocycles. The maximum absolute atomic E-state index is 12.6. The first-order valence-electron chi connectivity index (χ1n) is 10.3. The summed E-state index contributed by atoms with van der Waals surface area (Å²) < 4.78 is 12.8. The molecule has 33 heavy (non-hydrogen) atoms. The summed E-state index contributed by atoms with van der Waals surface area (Å²) in [5.41, 5.74) is 1.23. The summed E-state index contributed by atoms with van der Waals surface area (Å²) in [6, 6.07) is 7.08. The predicted octanol–water partition coefficient (Wildman–Crippen LogP) is 5.12. The largest absolute Gasteiger partial charge is 0.486 e. The van der Waals surface area contributed by atoms with Crippen LogP contribution in [0.2, 0.25) is 5.02 Å². The molecule has 11 heteroatoms. The van der Waals surface area contributed by atoms with E-state index in [2.05, 4.69) is 15.5 Å². The molecule has 0 unspecified atom stereocenters. The second-order valence-electron chi connectivity index (χ2n) is 6.93. The number of aromatic nitrogens is 3. The Balaban J connectivity index is 1.62. The second-order valence-corrected chi connectivity index (χ2v) is 9.53.